The van der Waals surface area contributed by atoms with Gasteiger partial charge in [-0.15, -0.1) is 0 Å². The molecule has 6 rings (SSSR count). The van der Waals surface area contributed by atoms with Gasteiger partial charge in [0.2, 0.25) is 0 Å². The normalized spacial score (nSPS) is 16.6. The van der Waals surface area contributed by atoms with Gasteiger partial charge in [-0.2, -0.15) is 0 Å². The summed E-state index contributed by atoms with van der Waals surface area (Å²) >= 11 is 0. The van der Waals surface area contributed by atoms with Gasteiger partial charge in [-0.05, 0) is 86.6 Å². The first-order valence-electron chi connectivity index (χ1n) is 12.5. The Morgan fingerprint density at radius 1 is 1.08 bits per heavy atom. The summed E-state index contributed by atoms with van der Waals surface area (Å²) in [6.07, 6.45) is 7.25. The largest absolute Gasteiger partial charge is 0.492 e. The quantitative estimate of drug-likeness (QED) is 0.293. The van der Waals surface area contributed by atoms with Crippen LogP contribution in [0.15, 0.2) is 71.9 Å². The molecule has 3 N–H and O–H groups in total. The van der Waals surface area contributed by atoms with E-state index in [1.165, 1.54) is 31.2 Å². The highest BCUT2D eigenvalue weighted by Crippen LogP contribution is 2.35. The zero-order valence-corrected chi connectivity index (χ0v) is 21.4. The summed E-state index contributed by atoms with van der Waals surface area (Å²) in [5, 5.41) is 3.78. The number of nitrogens with one attached hydrogen (secondary N) is 3. The number of amides is 1. The molecular formula is C28H27N5O4S. The number of carbonyl (C=O) groups excluding carboxylic acids is 1. The van der Waals surface area contributed by atoms with E-state index in [-0.39, 0.29) is 10.8 Å². The van der Waals surface area contributed by atoms with E-state index in [2.05, 4.69) is 24.9 Å². The highest BCUT2D eigenvalue weighted by atomic mass is 32.2. The molecule has 0 spiro atoms. The molecule has 9 nitrogen and oxygen atoms in total. The van der Waals surface area contributed by atoms with Crippen molar-refractivity contribution in [3.8, 4) is 5.75 Å². The van der Waals surface area contributed by atoms with Crippen molar-refractivity contribution in [1.29, 1.82) is 0 Å². The van der Waals surface area contributed by atoms with Crippen LogP contribution in [-0.4, -0.2) is 55.4 Å². The summed E-state index contributed by atoms with van der Waals surface area (Å²) in [6.45, 7) is 3.85. The first-order valence-corrected chi connectivity index (χ1v) is 14.0. The Morgan fingerprint density at radius 2 is 1.95 bits per heavy atom. The van der Waals surface area contributed by atoms with Crippen LogP contribution in [0.25, 0.3) is 22.6 Å². The minimum atomic E-state index is -3.87. The van der Waals surface area contributed by atoms with Crippen LogP contribution < -0.4 is 14.8 Å². The number of ether oxygens (including phenoxy) is 1. The molecule has 10 heteroatoms. The number of fused-ring (bicyclic) bond motifs is 2. The monoisotopic (exact) mass is 529 g/mol. The molecule has 0 atom stereocenters. The van der Waals surface area contributed by atoms with E-state index in [1.54, 1.807) is 30.5 Å². The van der Waals surface area contributed by atoms with Gasteiger partial charge in [0.25, 0.3) is 15.9 Å². The Balaban J connectivity index is 1.24. The van der Waals surface area contributed by atoms with Crippen molar-refractivity contribution in [2.24, 2.45) is 0 Å². The van der Waals surface area contributed by atoms with Crippen molar-refractivity contribution in [2.75, 3.05) is 36.3 Å². The van der Waals surface area contributed by atoms with Crippen LogP contribution in [0.2, 0.25) is 0 Å². The fourth-order valence-corrected chi connectivity index (χ4v) is 5.94. The molecule has 2 aliphatic heterocycles. The molecule has 4 aromatic rings. The van der Waals surface area contributed by atoms with Crippen molar-refractivity contribution < 1.29 is 17.9 Å². The van der Waals surface area contributed by atoms with Crippen molar-refractivity contribution in [3.05, 3.63) is 78.2 Å². The Labute approximate surface area is 220 Å². The number of hydrogen-bond acceptors (Lipinski definition) is 6. The van der Waals surface area contributed by atoms with Crippen LogP contribution in [0.3, 0.4) is 0 Å². The molecule has 0 radical (unpaired) electrons. The van der Waals surface area contributed by atoms with E-state index in [0.717, 1.165) is 42.0 Å². The average molecular weight is 530 g/mol. The zero-order valence-electron chi connectivity index (χ0n) is 20.6. The summed E-state index contributed by atoms with van der Waals surface area (Å²) in [4.78, 5) is 22.5. The third kappa shape index (κ3) is 5.00. The van der Waals surface area contributed by atoms with Crippen LogP contribution in [0.4, 0.5) is 11.4 Å². The number of H-pyrrole nitrogens is 1. The fraction of sp³-hybridized carbons (Fsp3) is 0.214. The second-order valence-corrected chi connectivity index (χ2v) is 11.1. The molecule has 1 amide bonds. The minimum Gasteiger partial charge on any atom is -0.492 e. The lowest BCUT2D eigenvalue weighted by Crippen LogP contribution is -2.25. The van der Waals surface area contributed by atoms with Crippen LogP contribution in [-0.2, 0) is 14.8 Å². The second kappa shape index (κ2) is 9.96. The molecule has 2 aromatic carbocycles. The molecule has 38 heavy (non-hydrogen) atoms. The summed E-state index contributed by atoms with van der Waals surface area (Å²) in [5.41, 5.74) is 3.47. The molecule has 4 heterocycles. The molecule has 194 valence electrons. The van der Waals surface area contributed by atoms with Gasteiger partial charge in [0.05, 0.1) is 22.4 Å². The predicted molar refractivity (Wildman–Crippen MR) is 147 cm³/mol. The van der Waals surface area contributed by atoms with Gasteiger partial charge >= 0.3 is 0 Å². The Kier molecular flexibility index (Phi) is 6.34. The van der Waals surface area contributed by atoms with Crippen LogP contribution >= 0.6 is 0 Å². The number of carbonyl (C=O) groups is 1. The summed E-state index contributed by atoms with van der Waals surface area (Å²) in [7, 11) is -3.87. The maximum atomic E-state index is 13.0. The number of nitrogens with zero attached hydrogens (tertiary/aromatic N) is 2. The number of aromatic nitrogens is 2. The van der Waals surface area contributed by atoms with Gasteiger partial charge in [0.15, 0.2) is 0 Å². The minimum absolute atomic E-state index is 0.0508. The van der Waals surface area contributed by atoms with E-state index in [4.69, 9.17) is 4.74 Å². The van der Waals surface area contributed by atoms with E-state index < -0.39 is 10.0 Å². The van der Waals surface area contributed by atoms with Crippen molar-refractivity contribution in [2.45, 2.75) is 17.7 Å². The first-order chi connectivity index (χ1) is 18.4. The van der Waals surface area contributed by atoms with E-state index in [9.17, 15) is 13.2 Å². The van der Waals surface area contributed by atoms with Gasteiger partial charge in [0, 0.05) is 40.6 Å². The molecule has 2 aliphatic rings. The van der Waals surface area contributed by atoms with Crippen LogP contribution in [0, 0.1) is 0 Å². The molecule has 0 bridgehead atoms. The van der Waals surface area contributed by atoms with E-state index in [0.29, 0.717) is 29.1 Å². The van der Waals surface area contributed by atoms with Crippen LogP contribution in [0.1, 0.15) is 24.1 Å². The number of pyridine rings is 1. The third-order valence-electron chi connectivity index (χ3n) is 6.79. The lowest BCUT2D eigenvalue weighted by molar-refractivity contribution is -0.110. The maximum absolute atomic E-state index is 13.0. The number of sulfonamides is 1. The number of rotatable bonds is 8. The number of anilines is 2. The maximum Gasteiger partial charge on any atom is 0.261 e. The smallest absolute Gasteiger partial charge is 0.261 e. The van der Waals surface area contributed by atoms with Crippen molar-refractivity contribution in [3.63, 3.8) is 0 Å². The van der Waals surface area contributed by atoms with Gasteiger partial charge in [0.1, 0.15) is 12.4 Å². The highest BCUT2D eigenvalue weighted by Gasteiger charge is 2.27. The second-order valence-electron chi connectivity index (χ2n) is 9.44. The van der Waals surface area contributed by atoms with Gasteiger partial charge in [-0.3, -0.25) is 19.4 Å². The number of hydrogen-bond donors (Lipinski definition) is 3. The molecule has 0 unspecified atom stereocenters. The molecule has 1 saturated heterocycles. The topological polar surface area (TPSA) is 116 Å². The summed E-state index contributed by atoms with van der Waals surface area (Å²) in [6, 6.07) is 15.7. The molecular weight excluding hydrogens is 502 g/mol. The van der Waals surface area contributed by atoms with Gasteiger partial charge in [-0.25, -0.2) is 8.42 Å². The Bertz CT molecular complexity index is 1640. The number of likely N-dealkylation sites (tertiary alicyclic amines) is 1. The third-order valence-corrected chi connectivity index (χ3v) is 8.16. The molecule has 2 aromatic heterocycles. The van der Waals surface area contributed by atoms with Crippen LogP contribution in [0.5, 0.6) is 5.75 Å². The SMILES string of the molecule is O=C1Nc2ccc(S(=O)(=O)Nc3cccnc3)cc2C1=Cc1cc2cc(OCCN3CCCC3)ccc2[nH]1. The summed E-state index contributed by atoms with van der Waals surface area (Å²) in [5.74, 6) is 0.508. The van der Waals surface area contributed by atoms with E-state index in [1.807, 2.05) is 24.3 Å². The van der Waals surface area contributed by atoms with Crippen molar-refractivity contribution >= 4 is 49.9 Å². The highest BCUT2D eigenvalue weighted by molar-refractivity contribution is 7.92. The van der Waals surface area contributed by atoms with E-state index >= 15 is 0 Å². The lowest BCUT2D eigenvalue weighted by atomic mass is 10.1. The number of benzene rings is 2. The number of aromatic amines is 1. The fourth-order valence-electron chi connectivity index (χ4n) is 4.87. The Morgan fingerprint density at radius 3 is 2.76 bits per heavy atom. The average Bonchev–Trinajstić information content (AvgIpc) is 3.63. The lowest BCUT2D eigenvalue weighted by Gasteiger charge is -2.14. The predicted octanol–water partition coefficient (Wildman–Crippen LogP) is 4.33. The van der Waals surface area contributed by atoms with Crippen molar-refractivity contribution in [1.82, 2.24) is 14.9 Å². The summed E-state index contributed by atoms with van der Waals surface area (Å²) < 4.78 is 34.4. The Hall–Kier alpha value is -4.15. The molecule has 1 fully saturated rings. The van der Waals surface area contributed by atoms with Gasteiger partial charge in [-0.1, -0.05) is 0 Å². The van der Waals surface area contributed by atoms with Gasteiger partial charge < -0.3 is 15.0 Å². The molecule has 0 aliphatic carbocycles. The first kappa shape index (κ1) is 24.2. The molecule has 0 saturated carbocycles. The standard InChI is InChI=1S/C28H27N5O4S/c34-28-25(24-17-23(6-8-27(24)31-28)38(35,36)32-20-4-3-9-29-18-20)16-21-14-19-15-22(5-7-26(19)30-21)37-13-12-33-10-1-2-11-33/h3-9,14-18,30,32H,1-2,10-13H2,(H,31,34). The zero-order chi connectivity index (χ0) is 26.1.